The second kappa shape index (κ2) is 10.2. The van der Waals surface area contributed by atoms with Gasteiger partial charge in [0.25, 0.3) is 0 Å². The van der Waals surface area contributed by atoms with E-state index in [2.05, 4.69) is 24.8 Å². The maximum atomic E-state index is 15.4. The molecule has 5 heterocycles. The minimum atomic E-state index is -0.331. The highest BCUT2D eigenvalue weighted by Crippen LogP contribution is 2.33. The third-order valence-electron chi connectivity index (χ3n) is 6.86. The van der Waals surface area contributed by atoms with Gasteiger partial charge in [-0.05, 0) is 43.7 Å². The first-order valence-corrected chi connectivity index (χ1v) is 12.5. The van der Waals surface area contributed by atoms with Gasteiger partial charge in [-0.1, -0.05) is 13.8 Å². The fourth-order valence-corrected chi connectivity index (χ4v) is 4.96. The molecule has 0 spiro atoms. The van der Waals surface area contributed by atoms with Gasteiger partial charge < -0.3 is 24.3 Å². The zero-order valence-corrected chi connectivity index (χ0v) is 20.2. The number of H-pyrrole nitrogens is 1. The fraction of sp³-hybridized carbons (Fsp3) is 0.520. The summed E-state index contributed by atoms with van der Waals surface area (Å²) >= 11 is 0. The van der Waals surface area contributed by atoms with Crippen LogP contribution in [-0.2, 0) is 4.74 Å². The molecular weight excluding hydrogens is 449 g/mol. The smallest absolute Gasteiger partial charge is 0.228 e. The molecule has 1 unspecified atom stereocenters. The molecule has 2 aliphatic rings. The molecule has 35 heavy (non-hydrogen) atoms. The molecule has 4 aromatic rings. The van der Waals surface area contributed by atoms with Crippen molar-refractivity contribution in [1.82, 2.24) is 29.5 Å². The molecule has 6 rings (SSSR count). The zero-order valence-electron chi connectivity index (χ0n) is 20.2. The summed E-state index contributed by atoms with van der Waals surface area (Å²) in [5.41, 5.74) is 3.54. The third-order valence-corrected chi connectivity index (χ3v) is 6.86. The Morgan fingerprint density at radius 3 is 2.71 bits per heavy atom. The van der Waals surface area contributed by atoms with Gasteiger partial charge in [-0.25, -0.2) is 19.3 Å². The van der Waals surface area contributed by atoms with Crippen LogP contribution in [-0.4, -0.2) is 67.5 Å². The monoisotopic (exact) mass is 481 g/mol. The minimum absolute atomic E-state index is 0.0934. The molecule has 2 aliphatic heterocycles. The number of aromatic nitrogens is 6. The number of nitrogens with one attached hydrogen (secondary N) is 1. The van der Waals surface area contributed by atoms with Crippen LogP contribution in [0.4, 0.5) is 10.3 Å². The number of piperidine rings is 1. The zero-order chi connectivity index (χ0) is 24.4. The van der Waals surface area contributed by atoms with Gasteiger partial charge in [0.2, 0.25) is 5.95 Å². The van der Waals surface area contributed by atoms with Crippen molar-refractivity contribution in [3.05, 3.63) is 30.6 Å². The van der Waals surface area contributed by atoms with Gasteiger partial charge in [0.15, 0.2) is 5.65 Å². The van der Waals surface area contributed by atoms with Crippen LogP contribution < -0.4 is 4.90 Å². The molecular formula is C25H32FN7O2. The summed E-state index contributed by atoms with van der Waals surface area (Å²) < 4.78 is 22.9. The number of ether oxygens (including phenoxy) is 1. The molecule has 2 fully saturated rings. The van der Waals surface area contributed by atoms with Gasteiger partial charge >= 0.3 is 0 Å². The Morgan fingerprint density at radius 1 is 1.14 bits per heavy atom. The highest BCUT2D eigenvalue weighted by atomic mass is 19.1. The van der Waals surface area contributed by atoms with Crippen molar-refractivity contribution < 1.29 is 14.2 Å². The largest absolute Gasteiger partial charge is 0.396 e. The topological polar surface area (TPSA) is 105 Å². The average Bonchev–Trinajstić information content (AvgIpc) is 3.57. The van der Waals surface area contributed by atoms with Crippen LogP contribution >= 0.6 is 0 Å². The Kier molecular flexibility index (Phi) is 6.92. The van der Waals surface area contributed by atoms with E-state index in [4.69, 9.17) is 9.72 Å². The van der Waals surface area contributed by atoms with Crippen molar-refractivity contribution in [3.8, 4) is 11.3 Å². The molecule has 0 radical (unpaired) electrons. The first kappa shape index (κ1) is 23.6. The average molecular weight is 482 g/mol. The van der Waals surface area contributed by atoms with Crippen LogP contribution in [0.1, 0.15) is 45.6 Å². The Hall–Kier alpha value is -3.11. The number of aliphatic hydroxyl groups excluding tert-OH is 1. The van der Waals surface area contributed by atoms with E-state index in [-0.39, 0.29) is 18.5 Å². The lowest BCUT2D eigenvalue weighted by Crippen LogP contribution is -2.35. The fourth-order valence-electron chi connectivity index (χ4n) is 4.96. The first-order valence-electron chi connectivity index (χ1n) is 12.5. The SMILES string of the molecule is CC.OCC1CCN(c2nc(-c3cc(F)c4c(c3)ncn4C3CCCOC3)c3[nH]cnc3n2)CC1. The molecule has 9 nitrogen and oxygen atoms in total. The Labute approximate surface area is 203 Å². The number of fused-ring (bicyclic) bond motifs is 2. The standard InChI is InChI=1S/C23H26FN7O2.C2H6/c24-17-8-15(9-18-21(17)31(13-27-18)16-2-1-7-33-11-16)19-20-22(26-12-25-20)29-23(28-19)30-5-3-14(10-32)4-6-30;1-2/h8-9,12-14,16,32H,1-7,10-11H2,(H,25,26,28,29);1-2H3. The van der Waals surface area contributed by atoms with E-state index in [1.807, 2.05) is 24.5 Å². The van der Waals surface area contributed by atoms with Crippen LogP contribution in [0.25, 0.3) is 33.5 Å². The molecule has 0 aliphatic carbocycles. The molecule has 2 N–H and O–H groups in total. The number of aromatic amines is 1. The van der Waals surface area contributed by atoms with E-state index in [0.717, 1.165) is 45.4 Å². The van der Waals surface area contributed by atoms with Crippen molar-refractivity contribution in [2.75, 3.05) is 37.8 Å². The lowest BCUT2D eigenvalue weighted by Gasteiger charge is -2.31. The summed E-state index contributed by atoms with van der Waals surface area (Å²) in [5.74, 6) is 0.560. The van der Waals surface area contributed by atoms with Gasteiger partial charge in [-0.3, -0.25) is 0 Å². The maximum absolute atomic E-state index is 15.4. The normalized spacial score (nSPS) is 19.2. The number of hydrogen-bond donors (Lipinski definition) is 2. The van der Waals surface area contributed by atoms with Crippen LogP contribution in [0.2, 0.25) is 0 Å². The van der Waals surface area contributed by atoms with E-state index in [1.165, 1.54) is 6.07 Å². The molecule has 1 aromatic carbocycles. The number of anilines is 1. The second-order valence-corrected chi connectivity index (χ2v) is 8.93. The van der Waals surface area contributed by atoms with E-state index < -0.39 is 0 Å². The van der Waals surface area contributed by atoms with Crippen LogP contribution in [0.15, 0.2) is 24.8 Å². The highest BCUT2D eigenvalue weighted by molar-refractivity contribution is 5.91. The number of halogens is 1. The van der Waals surface area contributed by atoms with E-state index in [0.29, 0.717) is 51.9 Å². The molecule has 2 saturated heterocycles. The Morgan fingerprint density at radius 2 is 1.97 bits per heavy atom. The summed E-state index contributed by atoms with van der Waals surface area (Å²) in [6, 6.07) is 3.49. The molecule has 3 aromatic heterocycles. The van der Waals surface area contributed by atoms with Gasteiger partial charge in [0.1, 0.15) is 22.5 Å². The Balaban J connectivity index is 0.00000124. The van der Waals surface area contributed by atoms with E-state index in [9.17, 15) is 5.11 Å². The van der Waals surface area contributed by atoms with Crippen molar-refractivity contribution in [3.63, 3.8) is 0 Å². The summed E-state index contributed by atoms with van der Waals surface area (Å²) in [6.45, 7) is 7.06. The van der Waals surface area contributed by atoms with Crippen molar-refractivity contribution >= 4 is 28.1 Å². The lowest BCUT2D eigenvalue weighted by molar-refractivity contribution is 0.0603. The number of rotatable bonds is 4. The minimum Gasteiger partial charge on any atom is -0.396 e. The van der Waals surface area contributed by atoms with Crippen LogP contribution in [0.5, 0.6) is 0 Å². The van der Waals surface area contributed by atoms with Gasteiger partial charge in [0, 0.05) is 31.9 Å². The molecule has 0 amide bonds. The van der Waals surface area contributed by atoms with Gasteiger partial charge in [-0.15, -0.1) is 0 Å². The number of nitrogens with zero attached hydrogens (tertiary/aromatic N) is 6. The molecule has 1 atom stereocenters. The quantitative estimate of drug-likeness (QED) is 0.452. The molecule has 0 bridgehead atoms. The molecule has 10 heteroatoms. The van der Waals surface area contributed by atoms with Crippen molar-refractivity contribution in [1.29, 1.82) is 0 Å². The molecule has 0 saturated carbocycles. The predicted octanol–water partition coefficient (Wildman–Crippen LogP) is 4.10. The van der Waals surface area contributed by atoms with Crippen LogP contribution in [0, 0.1) is 11.7 Å². The molecule has 186 valence electrons. The second-order valence-electron chi connectivity index (χ2n) is 8.93. The lowest BCUT2D eigenvalue weighted by atomic mass is 9.98. The highest BCUT2D eigenvalue weighted by Gasteiger charge is 2.24. The van der Waals surface area contributed by atoms with Crippen molar-refractivity contribution in [2.24, 2.45) is 5.92 Å². The summed E-state index contributed by atoms with van der Waals surface area (Å²) in [7, 11) is 0. The van der Waals surface area contributed by atoms with E-state index in [1.54, 1.807) is 12.7 Å². The third kappa shape index (κ3) is 4.48. The van der Waals surface area contributed by atoms with E-state index >= 15 is 4.39 Å². The number of hydrogen-bond acceptors (Lipinski definition) is 7. The number of aliphatic hydroxyl groups is 1. The summed E-state index contributed by atoms with van der Waals surface area (Å²) in [5, 5.41) is 9.44. The van der Waals surface area contributed by atoms with Crippen LogP contribution in [0.3, 0.4) is 0 Å². The van der Waals surface area contributed by atoms with Crippen molar-refractivity contribution in [2.45, 2.75) is 45.6 Å². The number of benzene rings is 1. The van der Waals surface area contributed by atoms with Gasteiger partial charge in [-0.2, -0.15) is 4.98 Å². The van der Waals surface area contributed by atoms with Gasteiger partial charge in [0.05, 0.1) is 30.8 Å². The summed E-state index contributed by atoms with van der Waals surface area (Å²) in [4.78, 5) is 23.5. The predicted molar refractivity (Wildman–Crippen MR) is 133 cm³/mol. The first-order chi connectivity index (χ1) is 17.2. The maximum Gasteiger partial charge on any atom is 0.228 e. The summed E-state index contributed by atoms with van der Waals surface area (Å²) in [6.07, 6.45) is 6.97. The Bertz CT molecular complexity index is 1290. The number of imidazole rings is 2.